The van der Waals surface area contributed by atoms with Gasteiger partial charge in [0.25, 0.3) is 0 Å². The fourth-order valence-corrected chi connectivity index (χ4v) is 3.95. The number of ether oxygens (including phenoxy) is 1. The molecular weight excluding hydrogens is 342 g/mol. The van der Waals surface area contributed by atoms with Gasteiger partial charge in [-0.05, 0) is 56.5 Å². The highest BCUT2D eigenvalue weighted by atomic mass is 32.2. The van der Waals surface area contributed by atoms with Crippen molar-refractivity contribution in [2.24, 2.45) is 0 Å². The van der Waals surface area contributed by atoms with Gasteiger partial charge in [0.2, 0.25) is 0 Å². The minimum Gasteiger partial charge on any atom is -0.483 e. The average Bonchev–Trinajstić information content (AvgIpc) is 3.04. The van der Waals surface area contributed by atoms with E-state index in [4.69, 9.17) is 4.74 Å². The van der Waals surface area contributed by atoms with Gasteiger partial charge in [0.1, 0.15) is 5.75 Å². The number of aryl methyl sites for hydroxylation is 2. The zero-order valence-corrected chi connectivity index (χ0v) is 16.6. The van der Waals surface area contributed by atoms with E-state index in [1.807, 2.05) is 25.1 Å². The van der Waals surface area contributed by atoms with Crippen molar-refractivity contribution in [1.29, 1.82) is 0 Å². The summed E-state index contributed by atoms with van der Waals surface area (Å²) in [5.41, 5.74) is 3.81. The number of benzene rings is 2. The molecule has 4 nitrogen and oxygen atoms in total. The van der Waals surface area contributed by atoms with Crippen molar-refractivity contribution in [2.45, 2.75) is 51.3 Å². The van der Waals surface area contributed by atoms with Crippen molar-refractivity contribution in [3.63, 3.8) is 0 Å². The van der Waals surface area contributed by atoms with Gasteiger partial charge < -0.3 is 9.30 Å². The Balaban J connectivity index is 1.74. The van der Waals surface area contributed by atoms with Crippen molar-refractivity contribution in [3.8, 4) is 5.75 Å². The summed E-state index contributed by atoms with van der Waals surface area (Å²) < 4.78 is 8.23. The Labute approximate surface area is 159 Å². The molecule has 0 N–H and O–H groups in total. The van der Waals surface area contributed by atoms with E-state index in [1.165, 1.54) is 16.7 Å². The molecule has 3 rings (SSSR count). The van der Waals surface area contributed by atoms with Crippen LogP contribution in [0.3, 0.4) is 0 Å². The zero-order chi connectivity index (χ0) is 18.5. The second-order valence-electron chi connectivity index (χ2n) is 6.38. The fourth-order valence-electron chi connectivity index (χ4n) is 2.86. The minimum absolute atomic E-state index is 0.155. The van der Waals surface area contributed by atoms with E-state index in [0.717, 1.165) is 29.0 Å². The first-order valence-electron chi connectivity index (χ1n) is 8.92. The standard InChI is InChI=1S/C21H25N3OS/c1-5-24-20(17(4)25-19-12-8-9-15(2)13-19)22-23-21(24)26-14-18-11-7-6-10-16(18)3/h6-13,17H,5,14H2,1-4H3. The first kappa shape index (κ1) is 18.5. The molecule has 0 bridgehead atoms. The molecular formula is C21H25N3OS. The highest BCUT2D eigenvalue weighted by Crippen LogP contribution is 2.27. The predicted octanol–water partition coefficient (Wildman–Crippen LogP) is 5.35. The van der Waals surface area contributed by atoms with E-state index < -0.39 is 0 Å². The van der Waals surface area contributed by atoms with E-state index in [9.17, 15) is 0 Å². The molecule has 0 spiro atoms. The van der Waals surface area contributed by atoms with Gasteiger partial charge in [0.15, 0.2) is 17.1 Å². The van der Waals surface area contributed by atoms with E-state index >= 15 is 0 Å². The topological polar surface area (TPSA) is 39.9 Å². The largest absolute Gasteiger partial charge is 0.483 e. The van der Waals surface area contributed by atoms with Gasteiger partial charge in [0, 0.05) is 12.3 Å². The lowest BCUT2D eigenvalue weighted by Gasteiger charge is -2.16. The van der Waals surface area contributed by atoms with Crippen LogP contribution in [0, 0.1) is 13.8 Å². The summed E-state index contributed by atoms with van der Waals surface area (Å²) in [6.07, 6.45) is -0.155. The summed E-state index contributed by atoms with van der Waals surface area (Å²) in [6, 6.07) is 16.5. The van der Waals surface area contributed by atoms with E-state index in [2.05, 4.69) is 65.9 Å². The van der Waals surface area contributed by atoms with Gasteiger partial charge in [-0.1, -0.05) is 48.2 Å². The van der Waals surface area contributed by atoms with E-state index in [-0.39, 0.29) is 6.10 Å². The third kappa shape index (κ3) is 4.28. The average molecular weight is 368 g/mol. The van der Waals surface area contributed by atoms with Crippen molar-refractivity contribution in [1.82, 2.24) is 14.8 Å². The van der Waals surface area contributed by atoms with Crippen LogP contribution in [0.4, 0.5) is 0 Å². The van der Waals surface area contributed by atoms with Crippen LogP contribution in [0.1, 0.15) is 42.5 Å². The summed E-state index contributed by atoms with van der Waals surface area (Å²) in [5, 5.41) is 9.75. The second kappa shape index (κ2) is 8.41. The minimum atomic E-state index is -0.155. The molecule has 0 aliphatic rings. The summed E-state index contributed by atoms with van der Waals surface area (Å²) in [7, 11) is 0. The third-order valence-corrected chi connectivity index (χ3v) is 5.36. The van der Waals surface area contributed by atoms with Crippen LogP contribution in [-0.2, 0) is 12.3 Å². The number of aromatic nitrogens is 3. The lowest BCUT2D eigenvalue weighted by Crippen LogP contribution is -2.12. The molecule has 0 saturated carbocycles. The maximum absolute atomic E-state index is 6.09. The number of rotatable bonds is 7. The van der Waals surface area contributed by atoms with Gasteiger partial charge in [-0.25, -0.2) is 0 Å². The lowest BCUT2D eigenvalue weighted by atomic mass is 10.1. The smallest absolute Gasteiger partial charge is 0.191 e. The highest BCUT2D eigenvalue weighted by molar-refractivity contribution is 7.98. The summed E-state index contributed by atoms with van der Waals surface area (Å²) in [6.45, 7) is 9.16. The number of hydrogen-bond donors (Lipinski definition) is 0. The molecule has 1 unspecified atom stereocenters. The van der Waals surface area contributed by atoms with Gasteiger partial charge in [0.05, 0.1) is 0 Å². The SMILES string of the molecule is CCn1c(SCc2ccccc2C)nnc1C(C)Oc1cccc(C)c1. The molecule has 2 aromatic carbocycles. The Bertz CT molecular complexity index is 875. The Morgan fingerprint density at radius 2 is 1.88 bits per heavy atom. The first-order valence-corrected chi connectivity index (χ1v) is 9.90. The summed E-state index contributed by atoms with van der Waals surface area (Å²) >= 11 is 1.72. The molecule has 0 radical (unpaired) electrons. The second-order valence-corrected chi connectivity index (χ2v) is 7.32. The Morgan fingerprint density at radius 3 is 2.62 bits per heavy atom. The van der Waals surface area contributed by atoms with Crippen molar-refractivity contribution in [3.05, 3.63) is 71.0 Å². The third-order valence-electron chi connectivity index (χ3n) is 4.35. The van der Waals surface area contributed by atoms with E-state index in [1.54, 1.807) is 11.8 Å². The van der Waals surface area contributed by atoms with Crippen molar-refractivity contribution in [2.75, 3.05) is 0 Å². The van der Waals surface area contributed by atoms with Crippen LogP contribution in [0.15, 0.2) is 53.7 Å². The Hall–Kier alpha value is -2.27. The van der Waals surface area contributed by atoms with Gasteiger partial charge in [-0.2, -0.15) is 0 Å². The van der Waals surface area contributed by atoms with Gasteiger partial charge in [-0.3, -0.25) is 0 Å². The number of hydrogen-bond acceptors (Lipinski definition) is 4. The summed E-state index contributed by atoms with van der Waals surface area (Å²) in [4.78, 5) is 0. The number of nitrogens with zero attached hydrogens (tertiary/aromatic N) is 3. The molecule has 1 atom stereocenters. The van der Waals surface area contributed by atoms with Crippen LogP contribution in [0.5, 0.6) is 5.75 Å². The van der Waals surface area contributed by atoms with Gasteiger partial charge in [-0.15, -0.1) is 10.2 Å². The normalized spacial score (nSPS) is 12.2. The zero-order valence-electron chi connectivity index (χ0n) is 15.8. The molecule has 26 heavy (non-hydrogen) atoms. The fraction of sp³-hybridized carbons (Fsp3) is 0.333. The maximum atomic E-state index is 6.09. The van der Waals surface area contributed by atoms with Gasteiger partial charge >= 0.3 is 0 Å². The molecule has 0 saturated heterocycles. The van der Waals surface area contributed by atoms with Crippen LogP contribution in [-0.4, -0.2) is 14.8 Å². The van der Waals surface area contributed by atoms with Crippen LogP contribution >= 0.6 is 11.8 Å². The monoisotopic (exact) mass is 367 g/mol. The van der Waals surface area contributed by atoms with Crippen LogP contribution in [0.25, 0.3) is 0 Å². The predicted molar refractivity (Wildman–Crippen MR) is 107 cm³/mol. The van der Waals surface area contributed by atoms with E-state index in [0.29, 0.717) is 0 Å². The quantitative estimate of drug-likeness (QED) is 0.528. The molecule has 136 valence electrons. The molecule has 1 heterocycles. The summed E-state index contributed by atoms with van der Waals surface area (Å²) in [5.74, 6) is 2.61. The Kier molecular flexibility index (Phi) is 5.99. The van der Waals surface area contributed by atoms with Crippen molar-refractivity contribution >= 4 is 11.8 Å². The molecule has 0 fully saturated rings. The number of thioether (sulfide) groups is 1. The molecule has 0 aliphatic carbocycles. The van der Waals surface area contributed by atoms with Crippen molar-refractivity contribution < 1.29 is 4.74 Å². The van der Waals surface area contributed by atoms with Crippen LogP contribution < -0.4 is 4.74 Å². The Morgan fingerprint density at radius 1 is 1.08 bits per heavy atom. The first-order chi connectivity index (χ1) is 12.6. The molecule has 1 aromatic heterocycles. The maximum Gasteiger partial charge on any atom is 0.191 e. The molecule has 0 aliphatic heterocycles. The van der Waals surface area contributed by atoms with Crippen LogP contribution in [0.2, 0.25) is 0 Å². The molecule has 5 heteroatoms. The lowest BCUT2D eigenvalue weighted by molar-refractivity contribution is 0.210. The molecule has 3 aromatic rings. The molecule has 0 amide bonds. The highest BCUT2D eigenvalue weighted by Gasteiger charge is 2.19.